The highest BCUT2D eigenvalue weighted by Crippen LogP contribution is 2.37. The number of para-hydroxylation sites is 1. The molecule has 5 nitrogen and oxygen atoms in total. The van der Waals surface area contributed by atoms with Gasteiger partial charge in [0.25, 0.3) is 5.91 Å². The van der Waals surface area contributed by atoms with Crippen LogP contribution in [0.1, 0.15) is 29.6 Å². The summed E-state index contributed by atoms with van der Waals surface area (Å²) in [5.74, 6) is -0.136. The van der Waals surface area contributed by atoms with E-state index >= 15 is 0 Å². The Morgan fingerprint density at radius 1 is 1.12 bits per heavy atom. The minimum atomic E-state index is -0.0917. The van der Waals surface area contributed by atoms with Gasteiger partial charge in [0.1, 0.15) is 0 Å². The third kappa shape index (κ3) is 3.26. The predicted octanol–water partition coefficient (Wildman–Crippen LogP) is 3.51. The average Bonchev–Trinajstić information content (AvgIpc) is 3.41. The molecule has 1 heterocycles. The zero-order chi connectivity index (χ0) is 17.4. The van der Waals surface area contributed by atoms with Gasteiger partial charge < -0.3 is 16.0 Å². The highest BCUT2D eigenvalue weighted by Gasteiger charge is 2.24. The van der Waals surface area contributed by atoms with Crippen LogP contribution in [0.5, 0.6) is 0 Å². The molecule has 1 fully saturated rings. The second-order valence-corrected chi connectivity index (χ2v) is 6.51. The highest BCUT2D eigenvalue weighted by molar-refractivity contribution is 6.02. The number of anilines is 2. The summed E-state index contributed by atoms with van der Waals surface area (Å²) >= 11 is 0. The molecule has 2 amide bonds. The van der Waals surface area contributed by atoms with Gasteiger partial charge in [-0.3, -0.25) is 9.59 Å². The monoisotopic (exact) mass is 333 g/mol. The first-order valence-electron chi connectivity index (χ1n) is 8.39. The number of carbonyl (C=O) groups is 2. The number of benzene rings is 2. The lowest BCUT2D eigenvalue weighted by atomic mass is 10.00. The van der Waals surface area contributed by atoms with Crippen molar-refractivity contribution in [1.29, 1.82) is 0 Å². The Balaban J connectivity index is 1.72. The molecule has 2 aliphatic rings. The van der Waals surface area contributed by atoms with Gasteiger partial charge >= 0.3 is 0 Å². The number of amides is 2. The summed E-state index contributed by atoms with van der Waals surface area (Å²) in [7, 11) is 0. The quantitative estimate of drug-likeness (QED) is 0.805. The Morgan fingerprint density at radius 2 is 1.92 bits per heavy atom. The van der Waals surface area contributed by atoms with Crippen LogP contribution in [0.2, 0.25) is 0 Å². The molecule has 1 aliphatic heterocycles. The SMILES string of the molecule is C=C1CC(=O)Nc2cccc(-c3cccc(C(=O)NC4CC4)c3)c2N1. The van der Waals surface area contributed by atoms with Gasteiger partial charge in [-0.1, -0.05) is 30.8 Å². The van der Waals surface area contributed by atoms with Gasteiger partial charge in [0, 0.05) is 22.9 Å². The van der Waals surface area contributed by atoms with Crippen molar-refractivity contribution in [3.8, 4) is 11.1 Å². The maximum atomic E-state index is 12.3. The van der Waals surface area contributed by atoms with Crippen molar-refractivity contribution in [1.82, 2.24) is 5.32 Å². The van der Waals surface area contributed by atoms with Crippen molar-refractivity contribution in [2.45, 2.75) is 25.3 Å². The van der Waals surface area contributed by atoms with E-state index < -0.39 is 0 Å². The maximum absolute atomic E-state index is 12.3. The lowest BCUT2D eigenvalue weighted by Gasteiger charge is -2.15. The summed E-state index contributed by atoms with van der Waals surface area (Å²) in [5, 5.41) is 9.13. The molecule has 1 aliphatic carbocycles. The van der Waals surface area contributed by atoms with Crippen molar-refractivity contribution in [2.24, 2.45) is 0 Å². The van der Waals surface area contributed by atoms with Crippen LogP contribution in [0.15, 0.2) is 54.7 Å². The Hall–Kier alpha value is -3.08. The summed E-state index contributed by atoms with van der Waals surface area (Å²) in [4.78, 5) is 24.2. The lowest BCUT2D eigenvalue weighted by Crippen LogP contribution is -2.25. The molecular formula is C20H19N3O2. The van der Waals surface area contributed by atoms with Gasteiger partial charge in [-0.05, 0) is 36.6 Å². The number of nitrogens with one attached hydrogen (secondary N) is 3. The van der Waals surface area contributed by atoms with Crippen LogP contribution in [-0.2, 0) is 4.79 Å². The van der Waals surface area contributed by atoms with E-state index in [2.05, 4.69) is 22.5 Å². The Bertz CT molecular complexity index is 884. The zero-order valence-corrected chi connectivity index (χ0v) is 13.8. The molecule has 1 saturated carbocycles. The fourth-order valence-electron chi connectivity index (χ4n) is 2.97. The van der Waals surface area contributed by atoms with Crippen LogP contribution in [-0.4, -0.2) is 17.9 Å². The van der Waals surface area contributed by atoms with Crippen molar-refractivity contribution < 1.29 is 9.59 Å². The second kappa shape index (κ2) is 6.09. The van der Waals surface area contributed by atoms with Crippen LogP contribution in [0.3, 0.4) is 0 Å². The lowest BCUT2D eigenvalue weighted by molar-refractivity contribution is -0.115. The van der Waals surface area contributed by atoms with E-state index in [9.17, 15) is 9.59 Å². The van der Waals surface area contributed by atoms with Crippen LogP contribution in [0.4, 0.5) is 11.4 Å². The summed E-state index contributed by atoms with van der Waals surface area (Å²) in [6.45, 7) is 3.91. The molecule has 0 atom stereocenters. The minimum Gasteiger partial charge on any atom is -0.357 e. The van der Waals surface area contributed by atoms with Crippen molar-refractivity contribution in [3.05, 3.63) is 60.3 Å². The van der Waals surface area contributed by atoms with E-state index in [0.29, 0.717) is 23.0 Å². The van der Waals surface area contributed by atoms with E-state index in [4.69, 9.17) is 0 Å². The van der Waals surface area contributed by atoms with Gasteiger partial charge in [0.05, 0.1) is 17.8 Å². The summed E-state index contributed by atoms with van der Waals surface area (Å²) in [5.41, 5.74) is 4.63. The smallest absolute Gasteiger partial charge is 0.251 e. The Morgan fingerprint density at radius 3 is 2.72 bits per heavy atom. The van der Waals surface area contributed by atoms with E-state index in [1.54, 1.807) is 0 Å². The summed E-state index contributed by atoms with van der Waals surface area (Å²) in [6.07, 6.45) is 2.35. The van der Waals surface area contributed by atoms with Gasteiger partial charge in [0.2, 0.25) is 5.91 Å². The summed E-state index contributed by atoms with van der Waals surface area (Å²) < 4.78 is 0. The second-order valence-electron chi connectivity index (χ2n) is 6.51. The first-order chi connectivity index (χ1) is 12.1. The van der Waals surface area contributed by atoms with E-state index in [1.165, 1.54) is 0 Å². The fourth-order valence-corrected chi connectivity index (χ4v) is 2.97. The fraction of sp³-hybridized carbons (Fsp3) is 0.200. The van der Waals surface area contributed by atoms with Crippen LogP contribution >= 0.6 is 0 Å². The predicted molar refractivity (Wildman–Crippen MR) is 98.4 cm³/mol. The molecule has 3 N–H and O–H groups in total. The van der Waals surface area contributed by atoms with Crippen molar-refractivity contribution in [3.63, 3.8) is 0 Å². The highest BCUT2D eigenvalue weighted by atomic mass is 16.2. The molecule has 0 aromatic heterocycles. The van der Waals surface area contributed by atoms with Crippen LogP contribution in [0, 0.1) is 0 Å². The number of hydrogen-bond acceptors (Lipinski definition) is 3. The number of carbonyl (C=O) groups excluding carboxylic acids is 2. The molecule has 0 radical (unpaired) electrons. The minimum absolute atomic E-state index is 0.0444. The third-order valence-electron chi connectivity index (χ3n) is 4.36. The summed E-state index contributed by atoms with van der Waals surface area (Å²) in [6, 6.07) is 13.6. The van der Waals surface area contributed by atoms with Crippen molar-refractivity contribution in [2.75, 3.05) is 10.6 Å². The molecule has 0 spiro atoms. The molecule has 25 heavy (non-hydrogen) atoms. The molecule has 126 valence electrons. The number of fused-ring (bicyclic) bond motifs is 1. The van der Waals surface area contributed by atoms with Crippen molar-refractivity contribution >= 4 is 23.2 Å². The number of hydrogen-bond donors (Lipinski definition) is 3. The van der Waals surface area contributed by atoms with E-state index in [1.807, 2.05) is 42.5 Å². The van der Waals surface area contributed by atoms with Gasteiger partial charge in [0.15, 0.2) is 0 Å². The molecule has 4 rings (SSSR count). The molecule has 0 unspecified atom stereocenters. The normalized spacial score (nSPS) is 16.3. The molecule has 2 aromatic carbocycles. The van der Waals surface area contributed by atoms with Gasteiger partial charge in [-0.25, -0.2) is 0 Å². The first-order valence-corrected chi connectivity index (χ1v) is 8.39. The standard InChI is InChI=1S/C20H19N3O2/c1-12-10-18(24)23-17-7-3-6-16(19(17)21-12)13-4-2-5-14(11-13)20(25)22-15-8-9-15/h2-7,11,15,21H,1,8-10H2,(H,22,25)(H,23,24). The Labute approximate surface area is 146 Å². The largest absolute Gasteiger partial charge is 0.357 e. The van der Waals surface area contributed by atoms with Crippen LogP contribution in [0.25, 0.3) is 11.1 Å². The van der Waals surface area contributed by atoms with Gasteiger partial charge in [-0.2, -0.15) is 0 Å². The van der Waals surface area contributed by atoms with E-state index in [0.717, 1.165) is 29.7 Å². The zero-order valence-electron chi connectivity index (χ0n) is 13.8. The van der Waals surface area contributed by atoms with Crippen LogP contribution < -0.4 is 16.0 Å². The Kier molecular flexibility index (Phi) is 3.76. The van der Waals surface area contributed by atoms with E-state index in [-0.39, 0.29) is 18.2 Å². The molecule has 0 bridgehead atoms. The first kappa shape index (κ1) is 15.4. The molecule has 2 aromatic rings. The molecular weight excluding hydrogens is 314 g/mol. The average molecular weight is 333 g/mol. The number of rotatable bonds is 3. The maximum Gasteiger partial charge on any atom is 0.251 e. The molecule has 0 saturated heterocycles. The third-order valence-corrected chi connectivity index (χ3v) is 4.36. The molecule has 5 heteroatoms. The van der Waals surface area contributed by atoms with Gasteiger partial charge in [-0.15, -0.1) is 0 Å². The topological polar surface area (TPSA) is 70.2 Å².